The number of carbonyl (C=O) groups is 2. The van der Waals surface area contributed by atoms with Gasteiger partial charge in [-0.15, -0.1) is 0 Å². The van der Waals surface area contributed by atoms with Gasteiger partial charge in [-0.2, -0.15) is 0 Å². The number of H-pyrrole nitrogens is 1. The third-order valence-corrected chi connectivity index (χ3v) is 5.17. The van der Waals surface area contributed by atoms with E-state index in [4.69, 9.17) is 9.47 Å². The fourth-order valence-electron chi connectivity index (χ4n) is 3.51. The highest BCUT2D eigenvalue weighted by molar-refractivity contribution is 6.05. The van der Waals surface area contributed by atoms with Crippen molar-refractivity contribution in [1.82, 2.24) is 9.97 Å². The van der Waals surface area contributed by atoms with Crippen LogP contribution < -0.4 is 10.1 Å². The van der Waals surface area contributed by atoms with E-state index in [0.717, 1.165) is 36.0 Å². The second-order valence-electron chi connectivity index (χ2n) is 7.49. The maximum atomic E-state index is 12.8. The van der Waals surface area contributed by atoms with Gasteiger partial charge in [-0.25, -0.2) is 9.59 Å². The van der Waals surface area contributed by atoms with Crippen LogP contribution in [0.25, 0.3) is 10.9 Å². The summed E-state index contributed by atoms with van der Waals surface area (Å²) < 4.78 is 10.5. The van der Waals surface area contributed by atoms with Gasteiger partial charge in [-0.1, -0.05) is 6.07 Å². The highest BCUT2D eigenvalue weighted by Gasteiger charge is 2.15. The first-order chi connectivity index (χ1) is 16.1. The van der Waals surface area contributed by atoms with E-state index in [1.807, 2.05) is 30.5 Å². The average Bonchev–Trinajstić information content (AvgIpc) is 3.27. The molecular formula is C26H25N3O4. The van der Waals surface area contributed by atoms with E-state index in [-0.39, 0.29) is 0 Å². The number of esters is 2. The molecule has 0 saturated carbocycles. The number of carbonyl (C=O) groups excluding carboxylic acids is 2. The SMILES string of the molecule is CCOC(=O)c1ccc(OC(=O)c2c[nH]c3ccc(NCCCc4cccnc4)cc23)cc1. The third-order valence-electron chi connectivity index (χ3n) is 5.17. The Hall–Kier alpha value is -4.13. The molecule has 7 heteroatoms. The second kappa shape index (κ2) is 10.5. The highest BCUT2D eigenvalue weighted by atomic mass is 16.5. The van der Waals surface area contributed by atoms with E-state index in [1.54, 1.807) is 43.6 Å². The number of hydrogen-bond acceptors (Lipinski definition) is 6. The fourth-order valence-corrected chi connectivity index (χ4v) is 3.51. The Bertz CT molecular complexity index is 1230. The minimum absolute atomic E-state index is 0.303. The summed E-state index contributed by atoms with van der Waals surface area (Å²) in [6, 6.07) is 16.2. The van der Waals surface area contributed by atoms with Crippen molar-refractivity contribution in [1.29, 1.82) is 0 Å². The van der Waals surface area contributed by atoms with Crippen molar-refractivity contribution in [3.8, 4) is 5.75 Å². The number of nitrogens with zero attached hydrogens (tertiary/aromatic N) is 1. The molecule has 0 spiro atoms. The largest absolute Gasteiger partial charge is 0.462 e. The van der Waals surface area contributed by atoms with Crippen LogP contribution in [0.5, 0.6) is 5.75 Å². The molecule has 0 atom stereocenters. The number of aromatic amines is 1. The number of anilines is 1. The van der Waals surface area contributed by atoms with Crippen molar-refractivity contribution in [2.24, 2.45) is 0 Å². The van der Waals surface area contributed by atoms with E-state index in [0.29, 0.717) is 23.5 Å². The lowest BCUT2D eigenvalue weighted by molar-refractivity contribution is 0.0526. The van der Waals surface area contributed by atoms with Gasteiger partial charge >= 0.3 is 11.9 Å². The molecule has 4 rings (SSSR count). The molecule has 2 aromatic heterocycles. The molecule has 0 aliphatic carbocycles. The van der Waals surface area contributed by atoms with E-state index >= 15 is 0 Å². The highest BCUT2D eigenvalue weighted by Crippen LogP contribution is 2.24. The first-order valence-corrected chi connectivity index (χ1v) is 10.9. The Balaban J connectivity index is 1.39. The maximum Gasteiger partial charge on any atom is 0.345 e. The minimum Gasteiger partial charge on any atom is -0.462 e. The Labute approximate surface area is 191 Å². The van der Waals surface area contributed by atoms with Crippen molar-refractivity contribution >= 4 is 28.5 Å². The molecule has 33 heavy (non-hydrogen) atoms. The molecule has 2 N–H and O–H groups in total. The van der Waals surface area contributed by atoms with Crippen molar-refractivity contribution in [2.45, 2.75) is 19.8 Å². The van der Waals surface area contributed by atoms with Crippen molar-refractivity contribution < 1.29 is 19.1 Å². The van der Waals surface area contributed by atoms with Gasteiger partial charge in [-0.3, -0.25) is 4.98 Å². The number of nitrogens with one attached hydrogen (secondary N) is 2. The average molecular weight is 444 g/mol. The smallest absolute Gasteiger partial charge is 0.345 e. The van der Waals surface area contributed by atoms with Crippen molar-refractivity contribution in [3.63, 3.8) is 0 Å². The zero-order valence-corrected chi connectivity index (χ0v) is 18.3. The van der Waals surface area contributed by atoms with Crippen molar-refractivity contribution in [3.05, 3.63) is 89.9 Å². The molecule has 0 aliphatic rings. The van der Waals surface area contributed by atoms with Crippen LogP contribution in [0.15, 0.2) is 73.2 Å². The Morgan fingerprint density at radius 2 is 1.91 bits per heavy atom. The summed E-state index contributed by atoms with van der Waals surface area (Å²) in [7, 11) is 0. The Morgan fingerprint density at radius 1 is 1.06 bits per heavy atom. The summed E-state index contributed by atoms with van der Waals surface area (Å²) in [4.78, 5) is 31.8. The van der Waals surface area contributed by atoms with Crippen molar-refractivity contribution in [2.75, 3.05) is 18.5 Å². The summed E-state index contributed by atoms with van der Waals surface area (Å²) >= 11 is 0. The number of fused-ring (bicyclic) bond motifs is 1. The van der Waals surface area contributed by atoms with Gasteiger partial charge in [0.1, 0.15) is 5.75 Å². The summed E-state index contributed by atoms with van der Waals surface area (Å²) in [5.41, 5.74) is 3.84. The van der Waals surface area contributed by atoms with Gasteiger partial charge in [0.15, 0.2) is 0 Å². The number of rotatable bonds is 9. The number of pyridine rings is 1. The topological polar surface area (TPSA) is 93.3 Å². The van der Waals surface area contributed by atoms with Gasteiger partial charge in [0, 0.05) is 41.7 Å². The van der Waals surface area contributed by atoms with Gasteiger partial charge in [0.05, 0.1) is 17.7 Å². The lowest BCUT2D eigenvalue weighted by atomic mass is 10.1. The molecular weight excluding hydrogens is 418 g/mol. The molecule has 0 saturated heterocycles. The molecule has 0 bridgehead atoms. The van der Waals surface area contributed by atoms with Gasteiger partial charge in [-0.05, 0) is 73.9 Å². The van der Waals surface area contributed by atoms with E-state index in [1.165, 1.54) is 5.56 Å². The quantitative estimate of drug-likeness (QED) is 0.215. The van der Waals surface area contributed by atoms with Gasteiger partial charge in [0.25, 0.3) is 0 Å². The second-order valence-corrected chi connectivity index (χ2v) is 7.49. The number of benzene rings is 2. The monoisotopic (exact) mass is 443 g/mol. The summed E-state index contributed by atoms with van der Waals surface area (Å²) in [6.45, 7) is 2.85. The van der Waals surface area contributed by atoms with Crippen LogP contribution in [-0.4, -0.2) is 35.1 Å². The molecule has 168 valence electrons. The molecule has 7 nitrogen and oxygen atoms in total. The first kappa shape index (κ1) is 22.1. The molecule has 2 aromatic carbocycles. The van der Waals surface area contributed by atoms with Crippen LogP contribution in [0, 0.1) is 0 Å². The van der Waals surface area contributed by atoms with Crippen LogP contribution in [0.1, 0.15) is 39.6 Å². The lowest BCUT2D eigenvalue weighted by Crippen LogP contribution is -2.09. The molecule has 0 unspecified atom stereocenters. The van der Waals surface area contributed by atoms with Gasteiger partial charge in [0.2, 0.25) is 0 Å². The number of aryl methyl sites for hydroxylation is 1. The minimum atomic E-state index is -0.473. The number of hydrogen-bond donors (Lipinski definition) is 2. The standard InChI is InChI=1S/C26H25N3O4/c1-2-32-25(30)19-7-10-21(11-8-19)33-26(31)23-17-29-24-12-9-20(15-22(23)24)28-14-4-6-18-5-3-13-27-16-18/h3,5,7-13,15-17,28-29H,2,4,6,14H2,1H3. The molecule has 2 heterocycles. The first-order valence-electron chi connectivity index (χ1n) is 10.9. The molecule has 0 aliphatic heterocycles. The Morgan fingerprint density at radius 3 is 2.67 bits per heavy atom. The Kier molecular flexibility index (Phi) is 6.99. The third kappa shape index (κ3) is 5.57. The molecule has 0 amide bonds. The summed E-state index contributed by atoms with van der Waals surface area (Å²) in [5.74, 6) is -0.529. The van der Waals surface area contributed by atoms with Gasteiger partial charge < -0.3 is 19.8 Å². The van der Waals surface area contributed by atoms with E-state index < -0.39 is 11.9 Å². The predicted octanol–water partition coefficient (Wildman–Crippen LogP) is 5.00. The zero-order chi connectivity index (χ0) is 23.0. The number of ether oxygens (including phenoxy) is 2. The molecule has 0 fully saturated rings. The fraction of sp³-hybridized carbons (Fsp3) is 0.192. The number of aromatic nitrogens is 2. The summed E-state index contributed by atoms with van der Waals surface area (Å²) in [5, 5.41) is 4.19. The van der Waals surface area contributed by atoms with Crippen LogP contribution in [-0.2, 0) is 11.2 Å². The maximum absolute atomic E-state index is 12.8. The lowest BCUT2D eigenvalue weighted by Gasteiger charge is -2.08. The normalized spacial score (nSPS) is 10.7. The summed E-state index contributed by atoms with van der Waals surface area (Å²) in [6.07, 6.45) is 7.21. The van der Waals surface area contributed by atoms with Crippen LogP contribution in [0.2, 0.25) is 0 Å². The molecule has 0 radical (unpaired) electrons. The molecule has 4 aromatic rings. The zero-order valence-electron chi connectivity index (χ0n) is 18.3. The van der Waals surface area contributed by atoms with Crippen LogP contribution in [0.4, 0.5) is 5.69 Å². The van der Waals surface area contributed by atoms with E-state index in [9.17, 15) is 9.59 Å². The van der Waals surface area contributed by atoms with E-state index in [2.05, 4.69) is 21.4 Å². The van der Waals surface area contributed by atoms with Crippen LogP contribution >= 0.6 is 0 Å². The predicted molar refractivity (Wildman–Crippen MR) is 127 cm³/mol. The van der Waals surface area contributed by atoms with Crippen LogP contribution in [0.3, 0.4) is 0 Å².